The zero-order chi connectivity index (χ0) is 21.1. The number of hydrogen-bond acceptors (Lipinski definition) is 7. The Morgan fingerprint density at radius 1 is 1.27 bits per heavy atom. The van der Waals surface area contributed by atoms with Crippen LogP contribution in [0, 0.1) is 11.7 Å². The van der Waals surface area contributed by atoms with Crippen LogP contribution in [0.3, 0.4) is 0 Å². The molecule has 0 radical (unpaired) electrons. The first-order valence-corrected chi connectivity index (χ1v) is 11.5. The molecular weight excluding hydrogens is 433 g/mol. The Balaban J connectivity index is 1.55. The Hall–Kier alpha value is -2.46. The summed E-state index contributed by atoms with van der Waals surface area (Å²) in [6, 6.07) is 3.63. The lowest BCUT2D eigenvalue weighted by molar-refractivity contribution is 0.0724. The molecule has 3 atom stereocenters. The molecule has 4 rings (SSSR count). The predicted molar refractivity (Wildman–Crippen MR) is 111 cm³/mol. The average Bonchev–Trinajstić information content (AvgIpc) is 3.26. The summed E-state index contributed by atoms with van der Waals surface area (Å²) < 4.78 is 48.2. The molecule has 2 aromatic rings. The molecule has 1 fully saturated rings. The highest BCUT2D eigenvalue weighted by Gasteiger charge is 2.35. The zero-order valence-electron chi connectivity index (χ0n) is 16.0. The molecule has 1 saturated carbocycles. The zero-order valence-corrected chi connectivity index (χ0v) is 17.5. The van der Waals surface area contributed by atoms with Crippen molar-refractivity contribution < 1.29 is 17.5 Å². The van der Waals surface area contributed by atoms with Gasteiger partial charge in [0.15, 0.2) is 0 Å². The maximum atomic E-state index is 14.8. The van der Waals surface area contributed by atoms with Crippen LogP contribution >= 0.6 is 11.6 Å². The van der Waals surface area contributed by atoms with Crippen LogP contribution in [0.15, 0.2) is 40.7 Å². The van der Waals surface area contributed by atoms with E-state index in [1.165, 1.54) is 18.6 Å². The van der Waals surface area contributed by atoms with Gasteiger partial charge in [-0.3, -0.25) is 4.72 Å². The number of nitrogens with one attached hydrogen (secondary N) is 2. The number of hydrogen-bond donors (Lipinski definition) is 2. The summed E-state index contributed by atoms with van der Waals surface area (Å²) in [5, 5.41) is 4.11. The molecule has 1 aliphatic heterocycles. The molecule has 2 aliphatic rings. The van der Waals surface area contributed by atoms with E-state index in [1.54, 1.807) is 0 Å². The number of nitrogens with zero attached hydrogens (tertiary/aromatic N) is 3. The number of rotatable bonds is 6. The minimum Gasteiger partial charge on any atom is -0.488 e. The number of halogens is 2. The maximum absolute atomic E-state index is 14.8. The van der Waals surface area contributed by atoms with Gasteiger partial charge in [-0.25, -0.2) is 22.8 Å². The van der Waals surface area contributed by atoms with Crippen LogP contribution in [-0.4, -0.2) is 36.7 Å². The topological polar surface area (TPSA) is 106 Å². The van der Waals surface area contributed by atoms with Crippen molar-refractivity contribution in [2.24, 2.45) is 11.0 Å². The number of aromatic nitrogens is 2. The van der Waals surface area contributed by atoms with Crippen LogP contribution in [0.4, 0.5) is 10.2 Å². The molecule has 0 amide bonds. The van der Waals surface area contributed by atoms with E-state index in [9.17, 15) is 12.8 Å². The highest BCUT2D eigenvalue weighted by atomic mass is 35.5. The van der Waals surface area contributed by atoms with E-state index in [0.717, 1.165) is 44.2 Å². The van der Waals surface area contributed by atoms with E-state index >= 15 is 0 Å². The maximum Gasteiger partial charge on any atom is 0.266 e. The van der Waals surface area contributed by atoms with Gasteiger partial charge < -0.3 is 10.2 Å². The van der Waals surface area contributed by atoms with Gasteiger partial charge in [-0.1, -0.05) is 18.0 Å². The summed E-state index contributed by atoms with van der Waals surface area (Å²) >= 11 is 6.29. The first-order valence-electron chi connectivity index (χ1n) is 9.65. The molecule has 1 unspecified atom stereocenters. The number of benzene rings is 1. The van der Waals surface area contributed by atoms with Crippen LogP contribution in [-0.2, 0) is 10.0 Å². The average molecular weight is 454 g/mol. The lowest BCUT2D eigenvalue weighted by atomic mass is 9.81. The van der Waals surface area contributed by atoms with Gasteiger partial charge in [0.25, 0.3) is 10.0 Å². The summed E-state index contributed by atoms with van der Waals surface area (Å²) in [5.74, 6) is -0.586. The first-order chi connectivity index (χ1) is 14.4. The van der Waals surface area contributed by atoms with Gasteiger partial charge in [0, 0.05) is 30.8 Å². The van der Waals surface area contributed by atoms with E-state index in [1.807, 2.05) is 6.21 Å². The summed E-state index contributed by atoms with van der Waals surface area (Å²) in [6.07, 6.45) is 8.94. The van der Waals surface area contributed by atoms with E-state index in [-0.39, 0.29) is 34.7 Å². The largest absolute Gasteiger partial charge is 0.488 e. The van der Waals surface area contributed by atoms with Gasteiger partial charge >= 0.3 is 0 Å². The summed E-state index contributed by atoms with van der Waals surface area (Å²) in [4.78, 5) is 6.92. The van der Waals surface area contributed by atoms with Gasteiger partial charge in [-0.05, 0) is 31.4 Å². The van der Waals surface area contributed by atoms with Gasteiger partial charge in [-0.2, -0.15) is 5.10 Å². The third-order valence-electron chi connectivity index (χ3n) is 5.34. The van der Waals surface area contributed by atoms with E-state index < -0.39 is 20.7 Å². The molecule has 1 aliphatic carbocycles. The van der Waals surface area contributed by atoms with Crippen molar-refractivity contribution >= 4 is 33.7 Å². The number of hydrazone groups is 1. The van der Waals surface area contributed by atoms with E-state index in [0.29, 0.717) is 0 Å². The van der Waals surface area contributed by atoms with Gasteiger partial charge in [0.1, 0.15) is 34.7 Å². The Labute approximate surface area is 179 Å². The van der Waals surface area contributed by atoms with Crippen molar-refractivity contribution in [3.05, 3.63) is 41.6 Å². The van der Waals surface area contributed by atoms with Gasteiger partial charge in [-0.15, -0.1) is 0 Å². The van der Waals surface area contributed by atoms with Crippen LogP contribution in [0.1, 0.15) is 32.1 Å². The molecule has 2 heterocycles. The number of anilines is 1. The third kappa shape index (κ3) is 4.49. The molecule has 1 aromatic carbocycles. The van der Waals surface area contributed by atoms with Crippen LogP contribution in [0.25, 0.3) is 0 Å². The quantitative estimate of drug-likeness (QED) is 0.694. The fourth-order valence-corrected chi connectivity index (χ4v) is 5.25. The van der Waals surface area contributed by atoms with Crippen molar-refractivity contribution in [2.45, 2.75) is 49.1 Å². The van der Waals surface area contributed by atoms with Crippen molar-refractivity contribution in [1.82, 2.24) is 15.4 Å². The molecule has 2 N–H and O–H groups in total. The molecule has 160 valence electrons. The van der Waals surface area contributed by atoms with Crippen molar-refractivity contribution in [3.63, 3.8) is 0 Å². The first kappa shape index (κ1) is 20.8. The van der Waals surface area contributed by atoms with Crippen LogP contribution in [0.2, 0.25) is 5.02 Å². The highest BCUT2D eigenvalue weighted by Crippen LogP contribution is 2.36. The molecule has 11 heteroatoms. The molecule has 0 saturated heterocycles. The summed E-state index contributed by atoms with van der Waals surface area (Å²) in [5.41, 5.74) is 3.10. The second-order valence-electron chi connectivity index (χ2n) is 7.30. The Morgan fingerprint density at radius 2 is 2.10 bits per heavy atom. The minimum absolute atomic E-state index is 0.0252. The normalized spacial score (nSPS) is 23.7. The number of sulfonamides is 1. The van der Waals surface area contributed by atoms with Crippen LogP contribution < -0.4 is 14.9 Å². The monoisotopic (exact) mass is 453 g/mol. The molecule has 30 heavy (non-hydrogen) atoms. The van der Waals surface area contributed by atoms with Crippen molar-refractivity contribution in [2.75, 3.05) is 4.72 Å². The fourth-order valence-electron chi connectivity index (χ4n) is 3.88. The van der Waals surface area contributed by atoms with Gasteiger partial charge in [0.05, 0.1) is 11.1 Å². The van der Waals surface area contributed by atoms with E-state index in [2.05, 4.69) is 25.2 Å². The Kier molecular flexibility index (Phi) is 6.05. The lowest BCUT2D eigenvalue weighted by Gasteiger charge is -2.35. The Morgan fingerprint density at radius 3 is 2.83 bits per heavy atom. The van der Waals surface area contributed by atoms with E-state index in [4.69, 9.17) is 16.3 Å². The number of ether oxygens (including phenoxy) is 1. The predicted octanol–water partition coefficient (Wildman–Crippen LogP) is 3.36. The Bertz CT molecular complexity index is 1030. The minimum atomic E-state index is -4.22. The van der Waals surface area contributed by atoms with Crippen molar-refractivity contribution in [1.29, 1.82) is 0 Å². The van der Waals surface area contributed by atoms with Crippen molar-refractivity contribution in [3.8, 4) is 5.75 Å². The summed E-state index contributed by atoms with van der Waals surface area (Å²) in [7, 11) is -4.22. The SMILES string of the molecule is O=S(=O)(Nc1ccncn1)c1cc(Cl)c(O[C@H]2CCCC[C@@H]2C2CC=NN2)cc1F. The second-order valence-corrected chi connectivity index (χ2v) is 9.36. The molecule has 0 bridgehead atoms. The standard InChI is InChI=1S/C19H21ClFN5O3S/c20-13-9-18(30(27,28)26-19-6-7-22-11-23-19)14(21)10-17(13)29-16-4-2-1-3-12(16)15-5-8-24-25-15/h6-12,15-16,25H,1-5H2,(H,22,23,26)/t12-,15?,16+/m1/s1. The molecule has 0 spiro atoms. The lowest BCUT2D eigenvalue weighted by Crippen LogP contribution is -2.42. The summed E-state index contributed by atoms with van der Waals surface area (Å²) in [6.45, 7) is 0. The second kappa shape index (κ2) is 8.73. The fraction of sp³-hybridized carbons (Fsp3) is 0.421. The molecular formula is C19H21ClFN5O3S. The highest BCUT2D eigenvalue weighted by molar-refractivity contribution is 7.92. The van der Waals surface area contributed by atoms with Gasteiger partial charge in [0.2, 0.25) is 0 Å². The molecule has 8 nitrogen and oxygen atoms in total. The molecule has 1 aromatic heterocycles. The smallest absolute Gasteiger partial charge is 0.266 e. The third-order valence-corrected chi connectivity index (χ3v) is 7.00. The van der Waals surface area contributed by atoms with Crippen LogP contribution in [0.5, 0.6) is 5.75 Å².